The zero-order chi connectivity index (χ0) is 16.4. The van der Waals surface area contributed by atoms with Crippen LogP contribution in [0.3, 0.4) is 0 Å². The summed E-state index contributed by atoms with van der Waals surface area (Å²) in [5, 5.41) is 16.8. The second-order valence-corrected chi connectivity index (χ2v) is 6.44. The molecule has 0 saturated heterocycles. The van der Waals surface area contributed by atoms with E-state index in [4.69, 9.17) is 5.10 Å². The molecule has 0 saturated carbocycles. The summed E-state index contributed by atoms with van der Waals surface area (Å²) in [5.74, 6) is 0.621. The summed E-state index contributed by atoms with van der Waals surface area (Å²) >= 11 is 0. The van der Waals surface area contributed by atoms with Gasteiger partial charge in [-0.15, -0.1) is 5.10 Å². The first kappa shape index (κ1) is 15.9. The molecule has 3 rings (SSSR count). The van der Waals surface area contributed by atoms with Crippen LogP contribution in [0.4, 0.5) is 5.95 Å². The number of hydrogen-bond acceptors (Lipinski definition) is 5. The maximum Gasteiger partial charge on any atom is 0.243 e. The molecule has 0 spiro atoms. The molecule has 6 nitrogen and oxygen atoms in total. The number of anilines is 1. The number of aromatic nitrogens is 5. The van der Waals surface area contributed by atoms with Crippen molar-refractivity contribution in [2.45, 2.75) is 71.9 Å². The Morgan fingerprint density at radius 2 is 2.00 bits per heavy atom. The van der Waals surface area contributed by atoms with Crippen molar-refractivity contribution in [3.63, 3.8) is 0 Å². The summed E-state index contributed by atoms with van der Waals surface area (Å²) in [4.78, 5) is 4.65. The van der Waals surface area contributed by atoms with Crippen molar-refractivity contribution in [2.75, 3.05) is 5.32 Å². The number of hydrogen-bond donors (Lipinski definition) is 1. The number of nitrogens with zero attached hydrogens (tertiary/aromatic N) is 5. The van der Waals surface area contributed by atoms with Crippen LogP contribution in [-0.4, -0.2) is 25.0 Å². The number of nitrogens with one attached hydrogen (secondary N) is 1. The fraction of sp³-hybridized carbons (Fsp3) is 0.647. The van der Waals surface area contributed by atoms with E-state index >= 15 is 0 Å². The second kappa shape index (κ2) is 6.64. The molecule has 2 aromatic heterocycles. The van der Waals surface area contributed by atoms with Crippen molar-refractivity contribution in [1.29, 1.82) is 0 Å². The molecule has 1 N–H and O–H groups in total. The predicted molar refractivity (Wildman–Crippen MR) is 90.5 cm³/mol. The van der Waals surface area contributed by atoms with Crippen LogP contribution in [0.2, 0.25) is 0 Å². The molecular formula is C17H26N6. The largest absolute Gasteiger partial charge is 0.344 e. The molecular weight excluding hydrogens is 288 g/mol. The van der Waals surface area contributed by atoms with Gasteiger partial charge in [0.15, 0.2) is 0 Å². The Kier molecular flexibility index (Phi) is 4.59. The molecule has 2 heterocycles. The highest BCUT2D eigenvalue weighted by molar-refractivity contribution is 5.34. The van der Waals surface area contributed by atoms with Gasteiger partial charge < -0.3 is 5.32 Å². The SMILES string of the molecule is CCc1nnc(NC2CCCc3cn(C(C)C)nc32)nc1CC. The van der Waals surface area contributed by atoms with Gasteiger partial charge in [0.25, 0.3) is 0 Å². The highest BCUT2D eigenvalue weighted by Gasteiger charge is 2.25. The maximum atomic E-state index is 4.78. The van der Waals surface area contributed by atoms with Crippen LogP contribution in [0.15, 0.2) is 6.20 Å². The molecule has 0 radical (unpaired) electrons. The summed E-state index contributed by atoms with van der Waals surface area (Å²) in [5.41, 5.74) is 4.52. The lowest BCUT2D eigenvalue weighted by Crippen LogP contribution is -2.20. The fourth-order valence-electron chi connectivity index (χ4n) is 3.12. The van der Waals surface area contributed by atoms with Crippen LogP contribution >= 0.6 is 0 Å². The lowest BCUT2D eigenvalue weighted by molar-refractivity contribution is 0.514. The van der Waals surface area contributed by atoms with Gasteiger partial charge in [-0.25, -0.2) is 4.98 Å². The molecule has 0 fully saturated rings. The summed E-state index contributed by atoms with van der Waals surface area (Å²) in [6.07, 6.45) is 7.26. The third-order valence-electron chi connectivity index (χ3n) is 4.45. The van der Waals surface area contributed by atoms with Crippen LogP contribution in [0.5, 0.6) is 0 Å². The van der Waals surface area contributed by atoms with Gasteiger partial charge in [0.05, 0.1) is 23.1 Å². The van der Waals surface area contributed by atoms with Gasteiger partial charge in [-0.1, -0.05) is 13.8 Å². The molecule has 1 unspecified atom stereocenters. The number of aryl methyl sites for hydroxylation is 3. The number of fused-ring (bicyclic) bond motifs is 1. The molecule has 1 atom stereocenters. The summed E-state index contributed by atoms with van der Waals surface area (Å²) in [6, 6.07) is 0.562. The van der Waals surface area contributed by atoms with Crippen LogP contribution in [-0.2, 0) is 19.3 Å². The Hall–Kier alpha value is -1.98. The standard InChI is InChI=1S/C17H26N6/c1-5-13-14(6-2)20-21-17(18-13)19-15-9-7-8-12-10-23(11(3)4)22-16(12)15/h10-11,15H,5-9H2,1-4H3,(H,18,19,21). The Labute approximate surface area is 137 Å². The fourth-order valence-corrected chi connectivity index (χ4v) is 3.12. The Balaban J connectivity index is 1.84. The minimum atomic E-state index is 0.178. The minimum absolute atomic E-state index is 0.178. The van der Waals surface area contributed by atoms with Crippen molar-refractivity contribution in [2.24, 2.45) is 0 Å². The second-order valence-electron chi connectivity index (χ2n) is 6.44. The molecule has 0 aromatic carbocycles. The first-order valence-electron chi connectivity index (χ1n) is 8.69. The van der Waals surface area contributed by atoms with E-state index in [0.717, 1.165) is 49.2 Å². The van der Waals surface area contributed by atoms with E-state index in [1.165, 1.54) is 5.56 Å². The van der Waals surface area contributed by atoms with E-state index in [1.807, 2.05) is 0 Å². The highest BCUT2D eigenvalue weighted by atomic mass is 15.3. The van der Waals surface area contributed by atoms with Crippen molar-refractivity contribution in [1.82, 2.24) is 25.0 Å². The van der Waals surface area contributed by atoms with Gasteiger partial charge in [0.1, 0.15) is 0 Å². The normalized spacial score (nSPS) is 17.3. The lowest BCUT2D eigenvalue weighted by Gasteiger charge is -2.22. The summed E-state index contributed by atoms with van der Waals surface area (Å²) in [7, 11) is 0. The summed E-state index contributed by atoms with van der Waals surface area (Å²) in [6.45, 7) is 8.51. The van der Waals surface area contributed by atoms with Gasteiger partial charge in [0.2, 0.25) is 5.95 Å². The van der Waals surface area contributed by atoms with Crippen LogP contribution in [0.25, 0.3) is 0 Å². The van der Waals surface area contributed by atoms with Crippen LogP contribution in [0.1, 0.15) is 75.3 Å². The maximum absolute atomic E-state index is 4.78. The quantitative estimate of drug-likeness (QED) is 0.917. The third kappa shape index (κ3) is 3.21. The molecule has 124 valence electrons. The Morgan fingerprint density at radius 3 is 2.70 bits per heavy atom. The van der Waals surface area contributed by atoms with Gasteiger partial charge in [-0.3, -0.25) is 4.68 Å². The summed E-state index contributed by atoms with van der Waals surface area (Å²) < 4.78 is 2.06. The zero-order valence-electron chi connectivity index (χ0n) is 14.5. The van der Waals surface area contributed by atoms with Crippen LogP contribution in [0, 0.1) is 0 Å². The van der Waals surface area contributed by atoms with E-state index in [-0.39, 0.29) is 6.04 Å². The zero-order valence-corrected chi connectivity index (χ0v) is 14.5. The van der Waals surface area contributed by atoms with Gasteiger partial charge in [0, 0.05) is 12.2 Å². The van der Waals surface area contributed by atoms with E-state index in [9.17, 15) is 0 Å². The topological polar surface area (TPSA) is 68.5 Å². The predicted octanol–water partition coefficient (Wildman–Crippen LogP) is 3.26. The molecule has 0 aliphatic heterocycles. The average molecular weight is 314 g/mol. The number of rotatable bonds is 5. The molecule has 0 amide bonds. The van der Waals surface area contributed by atoms with Gasteiger partial charge in [-0.2, -0.15) is 10.2 Å². The van der Waals surface area contributed by atoms with Crippen molar-refractivity contribution < 1.29 is 0 Å². The average Bonchev–Trinajstić information content (AvgIpc) is 3.00. The molecule has 2 aromatic rings. The Morgan fingerprint density at radius 1 is 1.22 bits per heavy atom. The van der Waals surface area contributed by atoms with E-state index in [1.54, 1.807) is 0 Å². The van der Waals surface area contributed by atoms with E-state index in [0.29, 0.717) is 12.0 Å². The van der Waals surface area contributed by atoms with Gasteiger partial charge in [-0.05, 0) is 51.5 Å². The van der Waals surface area contributed by atoms with E-state index < -0.39 is 0 Å². The van der Waals surface area contributed by atoms with E-state index in [2.05, 4.69) is 59.1 Å². The first-order chi connectivity index (χ1) is 11.1. The van der Waals surface area contributed by atoms with Crippen molar-refractivity contribution in [3.05, 3.63) is 28.8 Å². The molecule has 0 bridgehead atoms. The molecule has 1 aliphatic rings. The molecule has 23 heavy (non-hydrogen) atoms. The molecule has 6 heteroatoms. The van der Waals surface area contributed by atoms with Crippen molar-refractivity contribution >= 4 is 5.95 Å². The minimum Gasteiger partial charge on any atom is -0.344 e. The highest BCUT2D eigenvalue weighted by Crippen LogP contribution is 2.31. The third-order valence-corrected chi connectivity index (χ3v) is 4.45. The van der Waals surface area contributed by atoms with Crippen molar-refractivity contribution in [3.8, 4) is 0 Å². The van der Waals surface area contributed by atoms with Gasteiger partial charge >= 0.3 is 0 Å². The van der Waals surface area contributed by atoms with Crippen LogP contribution < -0.4 is 5.32 Å². The first-order valence-corrected chi connectivity index (χ1v) is 8.69. The Bertz CT molecular complexity index is 676. The smallest absolute Gasteiger partial charge is 0.243 e. The molecule has 1 aliphatic carbocycles. The monoisotopic (exact) mass is 314 g/mol. The lowest BCUT2D eigenvalue weighted by atomic mass is 9.94.